The van der Waals surface area contributed by atoms with Crippen molar-refractivity contribution in [3.63, 3.8) is 0 Å². The number of hydrogen-bond donors (Lipinski definition) is 0. The minimum Gasteiger partial charge on any atom is -0.511 e. The fourth-order valence-corrected chi connectivity index (χ4v) is 2.39. The van der Waals surface area contributed by atoms with Crippen LogP contribution in [0.2, 0.25) is 37.3 Å². The zero-order valence-corrected chi connectivity index (χ0v) is 14.8. The molecule has 0 bridgehead atoms. The summed E-state index contributed by atoms with van der Waals surface area (Å²) < 4.78 is 10.7. The molecule has 0 atom stereocenters. The minimum absolute atomic E-state index is 0.268. The van der Waals surface area contributed by atoms with E-state index in [0.717, 1.165) is 0 Å². The minimum atomic E-state index is -2.14. The summed E-state index contributed by atoms with van der Waals surface area (Å²) in [6, 6.07) is 0. The van der Waals surface area contributed by atoms with E-state index in [4.69, 9.17) is 8.85 Å². The first-order valence-corrected chi connectivity index (χ1v) is 12.3. The Kier molecular flexibility index (Phi) is 5.80. The number of carbonyl (C=O) groups is 2. The molecule has 0 aliphatic rings. The Balaban J connectivity index is 4.60. The van der Waals surface area contributed by atoms with Gasteiger partial charge in [-0.1, -0.05) is 27.7 Å². The van der Waals surface area contributed by atoms with Crippen LogP contribution in [0.4, 0.5) is 0 Å². The SMILES string of the molecule is CC(C)[Si](C)(C)OC(=O)C(=O)O[Si](C)(C)C(C)C. The summed E-state index contributed by atoms with van der Waals surface area (Å²) in [6.07, 6.45) is 0. The molecular formula is C12H26O4Si2. The molecule has 4 nitrogen and oxygen atoms in total. The van der Waals surface area contributed by atoms with Crippen molar-refractivity contribution in [2.45, 2.75) is 65.0 Å². The quantitative estimate of drug-likeness (QED) is 0.589. The van der Waals surface area contributed by atoms with Gasteiger partial charge in [0.15, 0.2) is 0 Å². The first-order valence-electron chi connectivity index (χ1n) is 6.36. The van der Waals surface area contributed by atoms with Crippen LogP contribution in [0, 0.1) is 0 Å². The number of rotatable bonds is 4. The van der Waals surface area contributed by atoms with Gasteiger partial charge < -0.3 is 8.85 Å². The molecule has 0 aliphatic heterocycles. The first kappa shape index (κ1) is 17.4. The highest BCUT2D eigenvalue weighted by Gasteiger charge is 2.37. The van der Waals surface area contributed by atoms with Crippen LogP contribution in [0.25, 0.3) is 0 Å². The highest BCUT2D eigenvalue weighted by Crippen LogP contribution is 2.24. The zero-order chi connectivity index (χ0) is 14.7. The van der Waals surface area contributed by atoms with Crippen LogP contribution in [0.15, 0.2) is 0 Å². The molecule has 0 rings (SSSR count). The Morgan fingerprint density at radius 1 is 0.722 bits per heavy atom. The lowest BCUT2D eigenvalue weighted by Gasteiger charge is -2.29. The highest BCUT2D eigenvalue weighted by atomic mass is 28.4. The fraction of sp³-hybridized carbons (Fsp3) is 0.833. The predicted molar refractivity (Wildman–Crippen MR) is 77.3 cm³/mol. The van der Waals surface area contributed by atoms with Crippen molar-refractivity contribution in [3.05, 3.63) is 0 Å². The Labute approximate surface area is 112 Å². The van der Waals surface area contributed by atoms with Crippen LogP contribution in [0.5, 0.6) is 0 Å². The maximum absolute atomic E-state index is 11.7. The molecule has 0 unspecified atom stereocenters. The van der Waals surface area contributed by atoms with Crippen molar-refractivity contribution in [1.82, 2.24) is 0 Å². The van der Waals surface area contributed by atoms with Gasteiger partial charge in [-0.15, -0.1) is 0 Å². The third-order valence-corrected chi connectivity index (χ3v) is 10.6. The summed E-state index contributed by atoms with van der Waals surface area (Å²) in [5.41, 5.74) is 0.536. The molecule has 6 heteroatoms. The van der Waals surface area contributed by atoms with Crippen molar-refractivity contribution in [2.24, 2.45) is 0 Å². The van der Waals surface area contributed by atoms with E-state index in [9.17, 15) is 9.59 Å². The Morgan fingerprint density at radius 2 is 0.944 bits per heavy atom. The summed E-state index contributed by atoms with van der Waals surface area (Å²) in [5, 5.41) is 0. The van der Waals surface area contributed by atoms with E-state index in [1.165, 1.54) is 0 Å². The average molecular weight is 291 g/mol. The van der Waals surface area contributed by atoms with Gasteiger partial charge >= 0.3 is 11.9 Å². The molecule has 0 saturated carbocycles. The smallest absolute Gasteiger partial charge is 0.402 e. The maximum atomic E-state index is 11.7. The second-order valence-electron chi connectivity index (χ2n) is 6.30. The Morgan fingerprint density at radius 3 is 1.11 bits per heavy atom. The summed E-state index contributed by atoms with van der Waals surface area (Å²) in [4.78, 5) is 23.4. The number of hydrogen-bond acceptors (Lipinski definition) is 4. The van der Waals surface area contributed by atoms with Gasteiger partial charge in [0.25, 0.3) is 16.6 Å². The van der Waals surface area contributed by atoms with Crippen molar-refractivity contribution < 1.29 is 18.4 Å². The fourth-order valence-electron chi connectivity index (χ4n) is 0.797. The van der Waals surface area contributed by atoms with Gasteiger partial charge in [-0.3, -0.25) is 0 Å². The molecule has 0 saturated heterocycles. The molecule has 18 heavy (non-hydrogen) atoms. The molecule has 0 heterocycles. The van der Waals surface area contributed by atoms with E-state index in [2.05, 4.69) is 0 Å². The van der Waals surface area contributed by atoms with Gasteiger partial charge in [-0.05, 0) is 37.3 Å². The summed E-state index contributed by atoms with van der Waals surface area (Å²) in [5.74, 6) is -1.66. The molecule has 0 aliphatic carbocycles. The predicted octanol–water partition coefficient (Wildman–Crippen LogP) is 3.30. The summed E-state index contributed by atoms with van der Waals surface area (Å²) >= 11 is 0. The molecule has 0 fully saturated rings. The van der Waals surface area contributed by atoms with Crippen LogP contribution in [0.1, 0.15) is 27.7 Å². The van der Waals surface area contributed by atoms with E-state index in [-0.39, 0.29) is 11.1 Å². The zero-order valence-electron chi connectivity index (χ0n) is 12.8. The standard InChI is InChI=1S/C12H26O4Si2/c1-9(2)17(5,6)15-11(13)12(14)16-18(7,8)10(3)4/h9-10H,1-8H3. The first-order chi connectivity index (χ1) is 7.90. The van der Waals surface area contributed by atoms with E-state index < -0.39 is 28.6 Å². The molecule has 106 valence electrons. The van der Waals surface area contributed by atoms with Crippen molar-refractivity contribution >= 4 is 28.6 Å². The van der Waals surface area contributed by atoms with Gasteiger partial charge in [-0.2, -0.15) is 0 Å². The largest absolute Gasteiger partial charge is 0.511 e. The third-order valence-electron chi connectivity index (χ3n) is 3.66. The van der Waals surface area contributed by atoms with Crippen LogP contribution < -0.4 is 0 Å². The van der Waals surface area contributed by atoms with Crippen molar-refractivity contribution in [2.75, 3.05) is 0 Å². The van der Waals surface area contributed by atoms with Crippen molar-refractivity contribution in [3.8, 4) is 0 Å². The lowest BCUT2D eigenvalue weighted by molar-refractivity contribution is -0.157. The molecular weight excluding hydrogens is 264 g/mol. The monoisotopic (exact) mass is 290 g/mol. The van der Waals surface area contributed by atoms with Gasteiger partial charge in [0.1, 0.15) is 0 Å². The molecule has 0 N–H and O–H groups in total. The molecule has 0 spiro atoms. The Hall–Kier alpha value is -0.626. The summed E-state index contributed by atoms with van der Waals surface area (Å²) in [7, 11) is -4.29. The van der Waals surface area contributed by atoms with Crippen molar-refractivity contribution in [1.29, 1.82) is 0 Å². The van der Waals surface area contributed by atoms with E-state index in [1.807, 2.05) is 53.9 Å². The topological polar surface area (TPSA) is 52.6 Å². The molecule has 0 radical (unpaired) electrons. The van der Waals surface area contributed by atoms with E-state index in [0.29, 0.717) is 0 Å². The van der Waals surface area contributed by atoms with Gasteiger partial charge in [0.05, 0.1) is 0 Å². The van der Waals surface area contributed by atoms with Crippen LogP contribution in [-0.4, -0.2) is 28.6 Å². The number of carbonyl (C=O) groups excluding carboxylic acids is 2. The highest BCUT2D eigenvalue weighted by molar-refractivity contribution is 6.77. The van der Waals surface area contributed by atoms with Crippen LogP contribution >= 0.6 is 0 Å². The maximum Gasteiger partial charge on any atom is 0.402 e. The average Bonchev–Trinajstić information content (AvgIpc) is 2.15. The van der Waals surface area contributed by atoms with Gasteiger partial charge in [0.2, 0.25) is 0 Å². The second kappa shape index (κ2) is 6.01. The Bertz CT molecular complexity index is 290. The van der Waals surface area contributed by atoms with Crippen LogP contribution in [-0.2, 0) is 18.4 Å². The van der Waals surface area contributed by atoms with E-state index >= 15 is 0 Å². The normalized spacial score (nSPS) is 12.8. The molecule has 0 aromatic heterocycles. The van der Waals surface area contributed by atoms with Gasteiger partial charge in [-0.25, -0.2) is 9.59 Å². The third kappa shape index (κ3) is 4.93. The lowest BCUT2D eigenvalue weighted by atomic mass is 10.6. The second-order valence-corrected chi connectivity index (χ2v) is 15.4. The lowest BCUT2D eigenvalue weighted by Crippen LogP contribution is -2.43. The van der Waals surface area contributed by atoms with Crippen LogP contribution in [0.3, 0.4) is 0 Å². The molecule has 0 aromatic carbocycles. The van der Waals surface area contributed by atoms with E-state index in [1.54, 1.807) is 0 Å². The van der Waals surface area contributed by atoms with Gasteiger partial charge in [0, 0.05) is 0 Å². The molecule has 0 amide bonds. The summed E-state index contributed by atoms with van der Waals surface area (Å²) in [6.45, 7) is 15.7. The molecule has 0 aromatic rings.